The molecule has 0 aliphatic carbocycles. The quantitative estimate of drug-likeness (QED) is 0.729. The lowest BCUT2D eigenvalue weighted by Gasteiger charge is -2.10. The standard InChI is InChI=1S/C16H22N4O2/c1-12(2)22-9-5-8-17-15(21)10-18-16-13-6-3-4-7-14(13)19-11-20-16/h3-4,6-7,11-12H,5,8-10H2,1-2H3,(H,17,21)(H,18,19,20). The molecule has 1 aromatic carbocycles. The van der Waals surface area contributed by atoms with Gasteiger partial charge in [-0.15, -0.1) is 0 Å². The zero-order valence-corrected chi connectivity index (χ0v) is 13.0. The molecule has 0 unspecified atom stereocenters. The summed E-state index contributed by atoms with van der Waals surface area (Å²) in [6.45, 7) is 5.44. The van der Waals surface area contributed by atoms with Gasteiger partial charge in [0.2, 0.25) is 5.91 Å². The zero-order chi connectivity index (χ0) is 15.8. The number of fused-ring (bicyclic) bond motifs is 1. The van der Waals surface area contributed by atoms with Crippen molar-refractivity contribution in [2.24, 2.45) is 0 Å². The molecule has 0 aliphatic heterocycles. The second-order valence-electron chi connectivity index (χ2n) is 5.22. The number of benzene rings is 1. The number of nitrogens with zero attached hydrogens (tertiary/aromatic N) is 2. The molecule has 6 heteroatoms. The molecular weight excluding hydrogens is 280 g/mol. The van der Waals surface area contributed by atoms with Gasteiger partial charge in [0.1, 0.15) is 12.1 Å². The molecule has 0 bridgehead atoms. The van der Waals surface area contributed by atoms with Gasteiger partial charge in [-0.25, -0.2) is 9.97 Å². The van der Waals surface area contributed by atoms with Crippen LogP contribution in [0.2, 0.25) is 0 Å². The Morgan fingerprint density at radius 2 is 2.09 bits per heavy atom. The molecule has 1 heterocycles. The van der Waals surface area contributed by atoms with E-state index >= 15 is 0 Å². The van der Waals surface area contributed by atoms with E-state index in [1.165, 1.54) is 6.33 Å². The summed E-state index contributed by atoms with van der Waals surface area (Å²) in [5, 5.41) is 6.81. The number of ether oxygens (including phenoxy) is 1. The highest BCUT2D eigenvalue weighted by atomic mass is 16.5. The van der Waals surface area contributed by atoms with Crippen molar-refractivity contribution in [3.63, 3.8) is 0 Å². The van der Waals surface area contributed by atoms with E-state index in [-0.39, 0.29) is 18.6 Å². The van der Waals surface area contributed by atoms with Gasteiger partial charge in [0.25, 0.3) is 0 Å². The maximum atomic E-state index is 11.8. The van der Waals surface area contributed by atoms with Crippen LogP contribution in [0.5, 0.6) is 0 Å². The molecule has 0 aliphatic rings. The average Bonchev–Trinajstić information content (AvgIpc) is 2.52. The Labute approximate surface area is 130 Å². The van der Waals surface area contributed by atoms with Crippen molar-refractivity contribution in [1.29, 1.82) is 0 Å². The van der Waals surface area contributed by atoms with Crippen LogP contribution in [0, 0.1) is 0 Å². The predicted octanol–water partition coefficient (Wildman–Crippen LogP) is 1.97. The number of carbonyl (C=O) groups is 1. The van der Waals surface area contributed by atoms with E-state index in [0.29, 0.717) is 19.0 Å². The van der Waals surface area contributed by atoms with Crippen LogP contribution >= 0.6 is 0 Å². The minimum Gasteiger partial charge on any atom is -0.379 e. The third-order valence-electron chi connectivity index (χ3n) is 3.05. The van der Waals surface area contributed by atoms with Crippen molar-refractivity contribution >= 4 is 22.6 Å². The first kappa shape index (κ1) is 16.2. The van der Waals surface area contributed by atoms with Crippen molar-refractivity contribution in [2.45, 2.75) is 26.4 Å². The number of nitrogens with one attached hydrogen (secondary N) is 2. The summed E-state index contributed by atoms with van der Waals surface area (Å²) in [4.78, 5) is 20.2. The number of carbonyl (C=O) groups excluding carboxylic acids is 1. The monoisotopic (exact) mass is 302 g/mol. The molecule has 2 N–H and O–H groups in total. The molecule has 0 spiro atoms. The summed E-state index contributed by atoms with van der Waals surface area (Å²) in [5.74, 6) is 0.608. The summed E-state index contributed by atoms with van der Waals surface area (Å²) in [5.41, 5.74) is 0.853. The number of hydrogen-bond acceptors (Lipinski definition) is 5. The molecule has 22 heavy (non-hydrogen) atoms. The Morgan fingerprint density at radius 1 is 1.27 bits per heavy atom. The largest absolute Gasteiger partial charge is 0.379 e. The SMILES string of the molecule is CC(C)OCCCNC(=O)CNc1ncnc2ccccc12. The van der Waals surface area contributed by atoms with Crippen molar-refractivity contribution < 1.29 is 9.53 Å². The van der Waals surface area contributed by atoms with Crippen molar-refractivity contribution in [3.8, 4) is 0 Å². The summed E-state index contributed by atoms with van der Waals surface area (Å²) < 4.78 is 5.42. The highest BCUT2D eigenvalue weighted by Gasteiger charge is 2.05. The molecule has 1 amide bonds. The molecule has 0 saturated carbocycles. The van der Waals surface area contributed by atoms with Crippen LogP contribution < -0.4 is 10.6 Å². The third-order valence-corrected chi connectivity index (χ3v) is 3.05. The van der Waals surface area contributed by atoms with Gasteiger partial charge in [-0.2, -0.15) is 0 Å². The fraction of sp³-hybridized carbons (Fsp3) is 0.438. The van der Waals surface area contributed by atoms with Crippen LogP contribution in [0.4, 0.5) is 5.82 Å². The van der Waals surface area contributed by atoms with Crippen molar-refractivity contribution in [3.05, 3.63) is 30.6 Å². The Morgan fingerprint density at radius 3 is 2.91 bits per heavy atom. The van der Waals surface area contributed by atoms with E-state index in [4.69, 9.17) is 4.74 Å². The number of hydrogen-bond donors (Lipinski definition) is 2. The molecule has 0 radical (unpaired) electrons. The number of rotatable bonds is 8. The van der Waals surface area contributed by atoms with Gasteiger partial charge < -0.3 is 15.4 Å². The first-order chi connectivity index (χ1) is 10.7. The van der Waals surface area contributed by atoms with E-state index in [1.54, 1.807) is 0 Å². The smallest absolute Gasteiger partial charge is 0.239 e. The minimum absolute atomic E-state index is 0.0627. The Balaban J connectivity index is 1.76. The van der Waals surface area contributed by atoms with E-state index in [9.17, 15) is 4.79 Å². The fourth-order valence-electron chi connectivity index (χ4n) is 1.99. The maximum Gasteiger partial charge on any atom is 0.239 e. The molecule has 6 nitrogen and oxygen atoms in total. The van der Waals surface area contributed by atoms with E-state index in [0.717, 1.165) is 17.3 Å². The number of anilines is 1. The summed E-state index contributed by atoms with van der Waals surface area (Å²) in [6, 6.07) is 7.69. The van der Waals surface area contributed by atoms with Crippen LogP contribution in [0.3, 0.4) is 0 Å². The Kier molecular flexibility index (Phi) is 6.09. The summed E-state index contributed by atoms with van der Waals surface area (Å²) >= 11 is 0. The fourth-order valence-corrected chi connectivity index (χ4v) is 1.99. The Hall–Kier alpha value is -2.21. The number of amides is 1. The predicted molar refractivity (Wildman–Crippen MR) is 86.7 cm³/mol. The van der Waals surface area contributed by atoms with Crippen LogP contribution in [0.1, 0.15) is 20.3 Å². The Bertz CT molecular complexity index is 611. The molecule has 0 atom stereocenters. The van der Waals surface area contributed by atoms with Gasteiger partial charge in [-0.3, -0.25) is 4.79 Å². The molecule has 118 valence electrons. The van der Waals surface area contributed by atoms with Gasteiger partial charge in [-0.1, -0.05) is 12.1 Å². The van der Waals surface area contributed by atoms with Crippen molar-refractivity contribution in [2.75, 3.05) is 25.0 Å². The highest BCUT2D eigenvalue weighted by molar-refractivity contribution is 5.90. The van der Waals surface area contributed by atoms with Crippen LogP contribution in [-0.4, -0.2) is 41.7 Å². The van der Waals surface area contributed by atoms with Crippen molar-refractivity contribution in [1.82, 2.24) is 15.3 Å². The lowest BCUT2D eigenvalue weighted by molar-refractivity contribution is -0.119. The normalized spacial score (nSPS) is 10.9. The second kappa shape index (κ2) is 8.29. The average molecular weight is 302 g/mol. The van der Waals surface area contributed by atoms with Crippen LogP contribution in [0.25, 0.3) is 10.9 Å². The topological polar surface area (TPSA) is 76.1 Å². The maximum absolute atomic E-state index is 11.8. The molecule has 1 aromatic heterocycles. The molecule has 2 aromatic rings. The molecule has 0 fully saturated rings. The number of aromatic nitrogens is 2. The lowest BCUT2D eigenvalue weighted by Crippen LogP contribution is -2.31. The summed E-state index contributed by atoms with van der Waals surface area (Å²) in [7, 11) is 0. The van der Waals surface area contributed by atoms with Gasteiger partial charge in [0, 0.05) is 18.5 Å². The van der Waals surface area contributed by atoms with Gasteiger partial charge in [-0.05, 0) is 32.4 Å². The second-order valence-corrected chi connectivity index (χ2v) is 5.22. The van der Waals surface area contributed by atoms with E-state index < -0.39 is 0 Å². The van der Waals surface area contributed by atoms with Gasteiger partial charge in [0.15, 0.2) is 0 Å². The number of para-hydroxylation sites is 1. The van der Waals surface area contributed by atoms with Crippen LogP contribution in [-0.2, 0) is 9.53 Å². The third kappa shape index (κ3) is 4.96. The van der Waals surface area contributed by atoms with Crippen LogP contribution in [0.15, 0.2) is 30.6 Å². The minimum atomic E-state index is -0.0627. The summed E-state index contributed by atoms with van der Waals surface area (Å²) in [6.07, 6.45) is 2.52. The highest BCUT2D eigenvalue weighted by Crippen LogP contribution is 2.17. The van der Waals surface area contributed by atoms with E-state index in [2.05, 4.69) is 20.6 Å². The molecule has 0 saturated heterocycles. The molecular formula is C16H22N4O2. The lowest BCUT2D eigenvalue weighted by atomic mass is 10.2. The van der Waals surface area contributed by atoms with Gasteiger partial charge in [0.05, 0.1) is 18.2 Å². The van der Waals surface area contributed by atoms with E-state index in [1.807, 2.05) is 38.1 Å². The zero-order valence-electron chi connectivity index (χ0n) is 13.0. The first-order valence-corrected chi connectivity index (χ1v) is 7.48. The first-order valence-electron chi connectivity index (χ1n) is 7.48. The molecule has 2 rings (SSSR count). The van der Waals surface area contributed by atoms with Gasteiger partial charge >= 0.3 is 0 Å².